The normalized spacial score (nSPS) is 11.7. The van der Waals surface area contributed by atoms with Crippen LogP contribution in [0.5, 0.6) is 5.75 Å². The molecular formula is C26H26ClN5O4S. The summed E-state index contributed by atoms with van der Waals surface area (Å²) >= 11 is 6.18. The quantitative estimate of drug-likeness (QED) is 0.252. The van der Waals surface area contributed by atoms with Crippen molar-refractivity contribution in [2.45, 2.75) is 17.9 Å². The van der Waals surface area contributed by atoms with Crippen molar-refractivity contribution in [2.24, 2.45) is 4.40 Å². The van der Waals surface area contributed by atoms with Gasteiger partial charge in [-0.15, -0.1) is 4.40 Å². The van der Waals surface area contributed by atoms with Crippen LogP contribution in [0.1, 0.15) is 11.1 Å². The first-order valence-corrected chi connectivity index (χ1v) is 13.1. The molecule has 4 aromatic rings. The van der Waals surface area contributed by atoms with E-state index in [1.54, 1.807) is 62.4 Å². The first-order chi connectivity index (χ1) is 17.6. The van der Waals surface area contributed by atoms with Crippen molar-refractivity contribution in [3.63, 3.8) is 0 Å². The van der Waals surface area contributed by atoms with Crippen LogP contribution in [-0.2, 0) is 27.8 Å². The van der Waals surface area contributed by atoms with E-state index in [2.05, 4.69) is 14.8 Å². The lowest BCUT2D eigenvalue weighted by Crippen LogP contribution is -2.15. The highest BCUT2D eigenvalue weighted by atomic mass is 35.5. The SMILES string of the molecule is COc1cccc(Cn2cc3c(S(=O)(=O)/N=C/N(C)C)cc(NC(=O)Cc4ccccc4Cl)cc3n2)c1. The van der Waals surface area contributed by atoms with E-state index in [1.807, 2.05) is 24.3 Å². The number of aromatic nitrogens is 2. The molecule has 1 amide bonds. The second-order valence-corrected chi connectivity index (χ2v) is 10.6. The molecule has 192 valence electrons. The fraction of sp³-hybridized carbons (Fsp3) is 0.192. The van der Waals surface area contributed by atoms with E-state index in [0.717, 1.165) is 5.56 Å². The molecule has 9 nitrogen and oxygen atoms in total. The Morgan fingerprint density at radius 2 is 1.95 bits per heavy atom. The lowest BCUT2D eigenvalue weighted by molar-refractivity contribution is -0.115. The van der Waals surface area contributed by atoms with Crippen molar-refractivity contribution in [2.75, 3.05) is 26.5 Å². The van der Waals surface area contributed by atoms with Crippen molar-refractivity contribution < 1.29 is 17.9 Å². The number of fused-ring (bicyclic) bond motifs is 1. The van der Waals surface area contributed by atoms with Gasteiger partial charge in [0.15, 0.2) is 0 Å². The Labute approximate surface area is 220 Å². The summed E-state index contributed by atoms with van der Waals surface area (Å²) in [5.41, 5.74) is 2.27. The fourth-order valence-corrected chi connectivity index (χ4v) is 5.04. The van der Waals surface area contributed by atoms with E-state index >= 15 is 0 Å². The Balaban J connectivity index is 1.72. The van der Waals surface area contributed by atoms with Gasteiger partial charge in [0, 0.05) is 36.4 Å². The van der Waals surface area contributed by atoms with Crippen LogP contribution in [0.3, 0.4) is 0 Å². The molecule has 0 aliphatic carbocycles. The molecule has 0 atom stereocenters. The largest absolute Gasteiger partial charge is 0.497 e. The number of nitrogens with zero attached hydrogens (tertiary/aromatic N) is 4. The molecule has 0 aliphatic heterocycles. The van der Waals surface area contributed by atoms with Crippen molar-refractivity contribution in [3.8, 4) is 5.75 Å². The van der Waals surface area contributed by atoms with Gasteiger partial charge in [-0.2, -0.15) is 13.5 Å². The monoisotopic (exact) mass is 539 g/mol. The van der Waals surface area contributed by atoms with Crippen LogP contribution in [0, 0.1) is 0 Å². The Hall–Kier alpha value is -3.89. The number of carbonyl (C=O) groups is 1. The zero-order valence-electron chi connectivity index (χ0n) is 20.6. The van der Waals surface area contributed by atoms with Crippen LogP contribution in [0.2, 0.25) is 5.02 Å². The third-order valence-corrected chi connectivity index (χ3v) is 7.03. The summed E-state index contributed by atoms with van der Waals surface area (Å²) in [6.45, 7) is 0.389. The van der Waals surface area contributed by atoms with Crippen LogP contribution in [-0.4, -0.2) is 56.5 Å². The topological polar surface area (TPSA) is 106 Å². The first-order valence-electron chi connectivity index (χ1n) is 11.3. The van der Waals surface area contributed by atoms with Gasteiger partial charge in [-0.05, 0) is 41.5 Å². The number of amides is 1. The molecule has 11 heteroatoms. The van der Waals surface area contributed by atoms with Gasteiger partial charge in [-0.1, -0.05) is 41.9 Å². The summed E-state index contributed by atoms with van der Waals surface area (Å²) in [6, 6.07) is 17.6. The molecule has 0 spiro atoms. The molecule has 4 rings (SSSR count). The van der Waals surface area contributed by atoms with Crippen molar-refractivity contribution in [1.29, 1.82) is 0 Å². The highest BCUT2D eigenvalue weighted by molar-refractivity contribution is 7.90. The van der Waals surface area contributed by atoms with Gasteiger partial charge in [-0.25, -0.2) is 0 Å². The molecule has 0 radical (unpaired) electrons. The molecule has 37 heavy (non-hydrogen) atoms. The van der Waals surface area contributed by atoms with Gasteiger partial charge in [0.05, 0.1) is 25.6 Å². The average Bonchev–Trinajstić information content (AvgIpc) is 3.25. The van der Waals surface area contributed by atoms with E-state index in [-0.39, 0.29) is 22.9 Å². The highest BCUT2D eigenvalue weighted by Gasteiger charge is 2.21. The molecule has 0 bridgehead atoms. The van der Waals surface area contributed by atoms with Crippen LogP contribution < -0.4 is 10.1 Å². The third kappa shape index (κ3) is 6.46. The van der Waals surface area contributed by atoms with Gasteiger partial charge in [0.1, 0.15) is 17.0 Å². The van der Waals surface area contributed by atoms with Gasteiger partial charge < -0.3 is 15.0 Å². The minimum Gasteiger partial charge on any atom is -0.497 e. The Kier molecular flexibility index (Phi) is 7.80. The maximum atomic E-state index is 13.2. The maximum Gasteiger partial charge on any atom is 0.284 e. The van der Waals surface area contributed by atoms with E-state index in [9.17, 15) is 13.2 Å². The summed E-state index contributed by atoms with van der Waals surface area (Å²) in [5.74, 6) is 0.363. The van der Waals surface area contributed by atoms with Crippen LogP contribution in [0.25, 0.3) is 10.9 Å². The number of carbonyl (C=O) groups excluding carboxylic acids is 1. The van der Waals surface area contributed by atoms with Crippen molar-refractivity contribution >= 4 is 50.5 Å². The zero-order chi connectivity index (χ0) is 26.6. The number of benzene rings is 3. The number of hydrogen-bond donors (Lipinski definition) is 1. The summed E-state index contributed by atoms with van der Waals surface area (Å²) < 4.78 is 37.0. The minimum atomic E-state index is -4.09. The van der Waals surface area contributed by atoms with E-state index in [1.165, 1.54) is 17.3 Å². The molecular weight excluding hydrogens is 514 g/mol. The molecule has 1 heterocycles. The van der Waals surface area contributed by atoms with Crippen molar-refractivity contribution in [3.05, 3.63) is 83.0 Å². The molecule has 0 saturated carbocycles. The summed E-state index contributed by atoms with van der Waals surface area (Å²) in [6.07, 6.45) is 2.90. The number of ether oxygens (including phenoxy) is 1. The number of sulfonamides is 1. The lowest BCUT2D eigenvalue weighted by Gasteiger charge is -2.09. The van der Waals surface area contributed by atoms with Gasteiger partial charge >= 0.3 is 0 Å². The number of anilines is 1. The molecule has 3 aromatic carbocycles. The predicted octanol–water partition coefficient (Wildman–Crippen LogP) is 4.21. The highest BCUT2D eigenvalue weighted by Crippen LogP contribution is 2.29. The van der Waals surface area contributed by atoms with Gasteiger partial charge in [0.2, 0.25) is 5.91 Å². The molecule has 0 fully saturated rings. The molecule has 0 saturated heterocycles. The summed E-state index contributed by atoms with van der Waals surface area (Å²) in [4.78, 5) is 14.2. The number of rotatable bonds is 9. The smallest absolute Gasteiger partial charge is 0.284 e. The van der Waals surface area contributed by atoms with E-state index < -0.39 is 10.0 Å². The Bertz CT molecular complexity index is 1580. The lowest BCUT2D eigenvalue weighted by atomic mass is 10.1. The predicted molar refractivity (Wildman–Crippen MR) is 145 cm³/mol. The molecule has 1 aromatic heterocycles. The second-order valence-electron chi connectivity index (χ2n) is 8.56. The number of methoxy groups -OCH3 is 1. The third-order valence-electron chi connectivity index (χ3n) is 5.40. The molecule has 0 unspecified atom stereocenters. The second kappa shape index (κ2) is 11.0. The average molecular weight is 540 g/mol. The summed E-state index contributed by atoms with van der Waals surface area (Å²) in [7, 11) is 0.843. The fourth-order valence-electron chi connectivity index (χ4n) is 3.70. The standard InChI is InChI=1S/C26H26ClN5O4S/c1-31(2)17-28-37(34,35)25-14-20(29-26(33)12-19-8-4-5-10-23(19)27)13-24-22(25)16-32(30-24)15-18-7-6-9-21(11-18)36-3/h4-11,13-14,16-17H,12,15H2,1-3H3,(H,29,33)/b28-17+. The van der Waals surface area contributed by atoms with Crippen LogP contribution >= 0.6 is 11.6 Å². The Morgan fingerprint density at radius 1 is 1.16 bits per heavy atom. The maximum absolute atomic E-state index is 13.2. The zero-order valence-corrected chi connectivity index (χ0v) is 22.1. The van der Waals surface area contributed by atoms with Crippen LogP contribution in [0.15, 0.2) is 76.2 Å². The number of halogens is 1. The van der Waals surface area contributed by atoms with E-state index in [4.69, 9.17) is 16.3 Å². The van der Waals surface area contributed by atoms with Gasteiger partial charge in [0.25, 0.3) is 10.0 Å². The number of nitrogens with one attached hydrogen (secondary N) is 1. The van der Waals surface area contributed by atoms with Crippen LogP contribution in [0.4, 0.5) is 5.69 Å². The van der Waals surface area contributed by atoms with E-state index in [0.29, 0.717) is 33.8 Å². The molecule has 0 aliphatic rings. The Morgan fingerprint density at radius 3 is 2.68 bits per heavy atom. The number of hydrogen-bond acceptors (Lipinski definition) is 5. The first kappa shape index (κ1) is 26.2. The molecule has 1 N–H and O–H groups in total. The van der Waals surface area contributed by atoms with Crippen molar-refractivity contribution in [1.82, 2.24) is 14.7 Å². The van der Waals surface area contributed by atoms with Gasteiger partial charge in [-0.3, -0.25) is 9.48 Å². The summed E-state index contributed by atoms with van der Waals surface area (Å²) in [5, 5.41) is 8.22. The minimum absolute atomic E-state index is 0.0306.